The Balaban J connectivity index is 1.53. The molecule has 3 aromatic rings. The molecule has 0 saturated carbocycles. The van der Waals surface area contributed by atoms with Crippen LogP contribution in [-0.4, -0.2) is 37.7 Å². The van der Waals surface area contributed by atoms with E-state index in [0.717, 1.165) is 12.0 Å². The molecule has 0 unspecified atom stereocenters. The van der Waals surface area contributed by atoms with Crippen molar-refractivity contribution >= 4 is 23.5 Å². The van der Waals surface area contributed by atoms with Crippen LogP contribution in [0.15, 0.2) is 66.7 Å². The van der Waals surface area contributed by atoms with Gasteiger partial charge in [-0.3, -0.25) is 9.59 Å². The van der Waals surface area contributed by atoms with Gasteiger partial charge in [0.2, 0.25) is 5.91 Å². The lowest BCUT2D eigenvalue weighted by Crippen LogP contribution is -2.25. The number of hydrogen-bond donors (Lipinski definition) is 3. The summed E-state index contributed by atoms with van der Waals surface area (Å²) >= 11 is 0. The van der Waals surface area contributed by atoms with Crippen molar-refractivity contribution in [2.75, 3.05) is 20.8 Å². The van der Waals surface area contributed by atoms with Gasteiger partial charge in [0.05, 0.1) is 14.2 Å². The molecule has 0 atom stereocenters. The largest absolute Gasteiger partial charge is 0.508 e. The summed E-state index contributed by atoms with van der Waals surface area (Å²) in [4.78, 5) is 25.2. The van der Waals surface area contributed by atoms with Gasteiger partial charge in [0.25, 0.3) is 5.91 Å². The molecule has 2 amide bonds. The third-order valence-electron chi connectivity index (χ3n) is 5.85. The first-order valence-corrected chi connectivity index (χ1v) is 12.4. The van der Waals surface area contributed by atoms with Gasteiger partial charge in [-0.1, -0.05) is 30.7 Å². The van der Waals surface area contributed by atoms with Gasteiger partial charge >= 0.3 is 0 Å². The summed E-state index contributed by atoms with van der Waals surface area (Å²) in [5.74, 6) is 0.595. The molecule has 0 aliphatic heterocycles. The SMILES string of the molecule is COc1cc(/C=C(\C(=O)NCCCCCC(=O)NCc2cccc(O)c2)c2ccc(F)cc2)cc(OC)c1. The lowest BCUT2D eigenvalue weighted by Gasteiger charge is -2.11. The number of halogens is 1. The molecule has 3 N–H and O–H groups in total. The lowest BCUT2D eigenvalue weighted by molar-refractivity contribution is -0.121. The topological polar surface area (TPSA) is 96.9 Å². The first-order chi connectivity index (χ1) is 18.4. The van der Waals surface area contributed by atoms with Crippen molar-refractivity contribution in [1.29, 1.82) is 0 Å². The number of unbranched alkanes of at least 4 members (excludes halogenated alkanes) is 2. The molecular formula is C30H33FN2O5. The summed E-state index contributed by atoms with van der Waals surface area (Å²) in [6.07, 6.45) is 4.25. The maximum absolute atomic E-state index is 13.5. The fourth-order valence-electron chi connectivity index (χ4n) is 3.83. The number of benzene rings is 3. The zero-order valence-corrected chi connectivity index (χ0v) is 21.6. The molecule has 3 rings (SSSR count). The average molecular weight is 521 g/mol. The van der Waals surface area contributed by atoms with E-state index in [-0.39, 0.29) is 23.4 Å². The normalized spacial score (nSPS) is 11.1. The Labute approximate surface area is 222 Å². The van der Waals surface area contributed by atoms with Crippen LogP contribution in [0.1, 0.15) is 42.4 Å². The van der Waals surface area contributed by atoms with E-state index >= 15 is 0 Å². The molecule has 0 aliphatic carbocycles. The number of carbonyl (C=O) groups is 2. The van der Waals surface area contributed by atoms with Crippen LogP contribution in [0.3, 0.4) is 0 Å². The van der Waals surface area contributed by atoms with E-state index in [1.807, 2.05) is 6.07 Å². The van der Waals surface area contributed by atoms with E-state index in [0.29, 0.717) is 60.6 Å². The van der Waals surface area contributed by atoms with Crippen LogP contribution in [-0.2, 0) is 16.1 Å². The Kier molecular flexibility index (Phi) is 10.7. The van der Waals surface area contributed by atoms with Crippen LogP contribution in [0.2, 0.25) is 0 Å². The minimum atomic E-state index is -0.387. The van der Waals surface area contributed by atoms with Crippen molar-refractivity contribution < 1.29 is 28.6 Å². The number of ether oxygens (including phenoxy) is 2. The average Bonchev–Trinajstić information content (AvgIpc) is 2.92. The minimum absolute atomic E-state index is 0.0624. The fraction of sp³-hybridized carbons (Fsp3) is 0.267. The second-order valence-corrected chi connectivity index (χ2v) is 8.72. The Morgan fingerprint density at radius 3 is 2.26 bits per heavy atom. The van der Waals surface area contributed by atoms with Crippen LogP contribution in [0.5, 0.6) is 17.2 Å². The van der Waals surface area contributed by atoms with E-state index < -0.39 is 0 Å². The smallest absolute Gasteiger partial charge is 0.251 e. The maximum Gasteiger partial charge on any atom is 0.251 e. The van der Waals surface area contributed by atoms with E-state index in [1.54, 1.807) is 68.8 Å². The molecule has 7 nitrogen and oxygen atoms in total. The molecule has 8 heteroatoms. The monoisotopic (exact) mass is 520 g/mol. The van der Waals surface area contributed by atoms with Crippen molar-refractivity contribution in [3.05, 3.63) is 89.2 Å². The predicted molar refractivity (Wildman–Crippen MR) is 145 cm³/mol. The number of phenolic OH excluding ortho intramolecular Hbond substituents is 1. The highest BCUT2D eigenvalue weighted by Crippen LogP contribution is 2.26. The van der Waals surface area contributed by atoms with Crippen LogP contribution in [0.25, 0.3) is 11.6 Å². The molecule has 200 valence electrons. The van der Waals surface area contributed by atoms with Gasteiger partial charge in [-0.25, -0.2) is 4.39 Å². The highest BCUT2D eigenvalue weighted by molar-refractivity contribution is 6.24. The molecule has 0 heterocycles. The number of aromatic hydroxyl groups is 1. The lowest BCUT2D eigenvalue weighted by atomic mass is 10.0. The summed E-state index contributed by atoms with van der Waals surface area (Å²) in [5.41, 5.74) is 2.49. The molecule has 0 bridgehead atoms. The summed E-state index contributed by atoms with van der Waals surface area (Å²) in [5, 5.41) is 15.3. The minimum Gasteiger partial charge on any atom is -0.508 e. The van der Waals surface area contributed by atoms with Crippen molar-refractivity contribution in [3.63, 3.8) is 0 Å². The first-order valence-electron chi connectivity index (χ1n) is 12.4. The number of phenols is 1. The molecule has 38 heavy (non-hydrogen) atoms. The van der Waals surface area contributed by atoms with E-state index in [9.17, 15) is 19.1 Å². The van der Waals surface area contributed by atoms with Crippen LogP contribution in [0.4, 0.5) is 4.39 Å². The molecule has 0 saturated heterocycles. The Morgan fingerprint density at radius 1 is 0.895 bits per heavy atom. The van der Waals surface area contributed by atoms with E-state index in [1.165, 1.54) is 12.1 Å². The number of nitrogens with one attached hydrogen (secondary N) is 2. The quantitative estimate of drug-likeness (QED) is 0.166. The van der Waals surface area contributed by atoms with Gasteiger partial charge < -0.3 is 25.2 Å². The Morgan fingerprint density at radius 2 is 1.61 bits per heavy atom. The summed E-state index contributed by atoms with van der Waals surface area (Å²) < 4.78 is 24.2. The van der Waals surface area contributed by atoms with E-state index in [2.05, 4.69) is 10.6 Å². The molecule has 0 aromatic heterocycles. The number of carbonyl (C=O) groups excluding carboxylic acids is 2. The fourth-order valence-corrected chi connectivity index (χ4v) is 3.83. The second-order valence-electron chi connectivity index (χ2n) is 8.72. The molecule has 0 spiro atoms. The molecule has 0 radical (unpaired) electrons. The van der Waals surface area contributed by atoms with Gasteiger partial charge in [0, 0.05) is 31.1 Å². The van der Waals surface area contributed by atoms with Gasteiger partial charge in [-0.15, -0.1) is 0 Å². The maximum atomic E-state index is 13.5. The zero-order valence-electron chi connectivity index (χ0n) is 21.6. The summed E-state index contributed by atoms with van der Waals surface area (Å²) in [6.45, 7) is 0.796. The third-order valence-corrected chi connectivity index (χ3v) is 5.85. The molecule has 0 aliphatic rings. The third kappa shape index (κ3) is 8.96. The van der Waals surface area contributed by atoms with Crippen molar-refractivity contribution in [2.45, 2.75) is 32.2 Å². The number of rotatable bonds is 13. The standard InChI is InChI=1S/C30H33FN2O5/c1-37-26-16-22(17-27(19-26)38-2)18-28(23-10-12-24(31)13-11-23)30(36)32-14-5-3-4-9-29(35)33-20-21-7-6-8-25(34)15-21/h6-8,10-13,15-19,34H,3-5,9,14,20H2,1-2H3,(H,32,36)(H,33,35)/b28-18-. The molecule has 3 aromatic carbocycles. The van der Waals surface area contributed by atoms with Gasteiger partial charge in [0.1, 0.15) is 23.1 Å². The number of amides is 2. The zero-order chi connectivity index (χ0) is 27.3. The highest BCUT2D eigenvalue weighted by Gasteiger charge is 2.13. The van der Waals surface area contributed by atoms with Crippen molar-refractivity contribution in [1.82, 2.24) is 10.6 Å². The Hall–Kier alpha value is -4.33. The van der Waals surface area contributed by atoms with Crippen molar-refractivity contribution in [2.24, 2.45) is 0 Å². The molecular weight excluding hydrogens is 487 g/mol. The van der Waals surface area contributed by atoms with Crippen LogP contribution < -0.4 is 20.1 Å². The van der Waals surface area contributed by atoms with Gasteiger partial charge in [-0.2, -0.15) is 0 Å². The van der Waals surface area contributed by atoms with Gasteiger partial charge in [-0.05, 0) is 72.0 Å². The van der Waals surface area contributed by atoms with E-state index in [4.69, 9.17) is 9.47 Å². The first kappa shape index (κ1) is 28.2. The summed E-state index contributed by atoms with van der Waals surface area (Å²) in [6, 6.07) is 17.8. The van der Waals surface area contributed by atoms with Crippen LogP contribution >= 0.6 is 0 Å². The number of methoxy groups -OCH3 is 2. The number of hydrogen-bond acceptors (Lipinski definition) is 5. The Bertz CT molecular complexity index is 1240. The predicted octanol–water partition coefficient (Wildman–Crippen LogP) is 5.08. The summed E-state index contributed by atoms with van der Waals surface area (Å²) in [7, 11) is 3.10. The van der Waals surface area contributed by atoms with Crippen molar-refractivity contribution in [3.8, 4) is 17.2 Å². The van der Waals surface area contributed by atoms with Gasteiger partial charge in [0.15, 0.2) is 0 Å². The highest BCUT2D eigenvalue weighted by atomic mass is 19.1. The van der Waals surface area contributed by atoms with Crippen LogP contribution in [0, 0.1) is 5.82 Å². The molecule has 0 fully saturated rings. The second kappa shape index (κ2) is 14.4.